The van der Waals surface area contributed by atoms with Gasteiger partial charge in [-0.3, -0.25) is 14.5 Å². The molecule has 1 fully saturated rings. The Morgan fingerprint density at radius 1 is 1.06 bits per heavy atom. The number of Topliss-reactive ketones (excluding diaryl/α,β-unsaturated/α-hetero) is 1. The fourth-order valence-corrected chi connectivity index (χ4v) is 4.37. The molecule has 0 bridgehead atoms. The molecule has 1 amide bonds. The zero-order valence-electron chi connectivity index (χ0n) is 18.2. The van der Waals surface area contributed by atoms with Crippen LogP contribution in [0, 0.1) is 0 Å². The molecular weight excluding hydrogens is 458 g/mol. The summed E-state index contributed by atoms with van der Waals surface area (Å²) < 4.78 is 16.4. The van der Waals surface area contributed by atoms with Gasteiger partial charge in [0.25, 0.3) is 11.7 Å². The Morgan fingerprint density at radius 2 is 1.85 bits per heavy atom. The summed E-state index contributed by atoms with van der Waals surface area (Å²) in [5.74, 6) is -0.314. The maximum absolute atomic E-state index is 13.3. The highest BCUT2D eigenvalue weighted by Gasteiger charge is 2.47. The molecule has 2 aliphatic heterocycles. The Bertz CT molecular complexity index is 1330. The SMILES string of the molecule is CCOc1cccc(C2/C(=C(/O)c3ccc4c(c3)OCO4)C(=O)C(=O)N2c2cccc(Cl)c2)c1. The normalized spacial score (nSPS) is 18.4. The van der Waals surface area contributed by atoms with Crippen molar-refractivity contribution in [2.24, 2.45) is 0 Å². The largest absolute Gasteiger partial charge is 0.507 e. The van der Waals surface area contributed by atoms with Crippen molar-refractivity contribution in [3.8, 4) is 17.2 Å². The van der Waals surface area contributed by atoms with Crippen molar-refractivity contribution in [3.05, 3.63) is 88.5 Å². The molecule has 0 spiro atoms. The number of fused-ring (bicyclic) bond motifs is 1. The van der Waals surface area contributed by atoms with Gasteiger partial charge in [-0.05, 0) is 61.0 Å². The lowest BCUT2D eigenvalue weighted by Gasteiger charge is -2.26. The van der Waals surface area contributed by atoms with Gasteiger partial charge in [0, 0.05) is 16.3 Å². The van der Waals surface area contributed by atoms with Gasteiger partial charge in [0.2, 0.25) is 6.79 Å². The van der Waals surface area contributed by atoms with E-state index >= 15 is 0 Å². The van der Waals surface area contributed by atoms with Crippen molar-refractivity contribution in [2.75, 3.05) is 18.3 Å². The molecule has 8 heteroatoms. The van der Waals surface area contributed by atoms with Gasteiger partial charge in [-0.1, -0.05) is 29.8 Å². The minimum absolute atomic E-state index is 0.0440. The number of benzene rings is 3. The van der Waals surface area contributed by atoms with Crippen LogP contribution in [-0.4, -0.2) is 30.2 Å². The lowest BCUT2D eigenvalue weighted by atomic mass is 9.95. The number of rotatable bonds is 5. The smallest absolute Gasteiger partial charge is 0.300 e. The first kappa shape index (κ1) is 21.9. The summed E-state index contributed by atoms with van der Waals surface area (Å²) in [6.45, 7) is 2.39. The number of ether oxygens (including phenoxy) is 3. The van der Waals surface area contributed by atoms with Crippen molar-refractivity contribution >= 4 is 34.7 Å². The van der Waals surface area contributed by atoms with Gasteiger partial charge < -0.3 is 19.3 Å². The number of hydrogen-bond acceptors (Lipinski definition) is 6. The van der Waals surface area contributed by atoms with Crippen molar-refractivity contribution < 1.29 is 28.9 Å². The van der Waals surface area contributed by atoms with Crippen LogP contribution >= 0.6 is 11.6 Å². The maximum atomic E-state index is 13.3. The lowest BCUT2D eigenvalue weighted by Crippen LogP contribution is -2.29. The van der Waals surface area contributed by atoms with E-state index in [0.717, 1.165) is 0 Å². The third-order valence-electron chi connectivity index (χ3n) is 5.66. The molecule has 7 nitrogen and oxygen atoms in total. The van der Waals surface area contributed by atoms with Crippen molar-refractivity contribution in [3.63, 3.8) is 0 Å². The topological polar surface area (TPSA) is 85.3 Å². The lowest BCUT2D eigenvalue weighted by molar-refractivity contribution is -0.132. The van der Waals surface area contributed by atoms with Crippen molar-refractivity contribution in [1.29, 1.82) is 0 Å². The van der Waals surface area contributed by atoms with Crippen LogP contribution in [0.25, 0.3) is 5.76 Å². The first-order valence-corrected chi connectivity index (χ1v) is 11.0. The number of anilines is 1. The van der Waals surface area contributed by atoms with E-state index in [1.807, 2.05) is 6.92 Å². The van der Waals surface area contributed by atoms with E-state index in [9.17, 15) is 14.7 Å². The summed E-state index contributed by atoms with van der Waals surface area (Å²) in [5.41, 5.74) is 1.33. The van der Waals surface area contributed by atoms with Gasteiger partial charge in [0.1, 0.15) is 11.5 Å². The standard InChI is InChI=1S/C26H20ClNO6/c1-2-32-19-8-3-5-15(11-19)23-22(24(29)16-9-10-20-21(12-16)34-14-33-20)25(30)26(31)28(23)18-7-4-6-17(27)13-18/h3-13,23,29H,2,14H2,1H3/b24-22-. The first-order chi connectivity index (χ1) is 16.5. The molecule has 0 saturated carbocycles. The number of hydrogen-bond donors (Lipinski definition) is 1. The second-order valence-corrected chi connectivity index (χ2v) is 8.16. The molecule has 172 valence electrons. The molecule has 3 aromatic carbocycles. The summed E-state index contributed by atoms with van der Waals surface area (Å²) in [6, 6.07) is 17.7. The number of aliphatic hydroxyl groups is 1. The number of carbonyl (C=O) groups excluding carboxylic acids is 2. The minimum Gasteiger partial charge on any atom is -0.507 e. The third kappa shape index (κ3) is 3.74. The Balaban J connectivity index is 1.70. The van der Waals surface area contributed by atoms with E-state index in [1.165, 1.54) is 4.90 Å². The van der Waals surface area contributed by atoms with Crippen molar-refractivity contribution in [2.45, 2.75) is 13.0 Å². The van der Waals surface area contributed by atoms with E-state index in [0.29, 0.717) is 45.7 Å². The van der Waals surface area contributed by atoms with Crippen LogP contribution in [0.1, 0.15) is 24.1 Å². The Hall–Kier alpha value is -3.97. The van der Waals surface area contributed by atoms with Crippen LogP contribution in [-0.2, 0) is 9.59 Å². The number of aliphatic hydroxyl groups excluding tert-OH is 1. The van der Waals surface area contributed by atoms with E-state index in [4.69, 9.17) is 25.8 Å². The Kier molecular flexibility index (Phi) is 5.63. The molecule has 1 saturated heterocycles. The van der Waals surface area contributed by atoms with Crippen molar-refractivity contribution in [1.82, 2.24) is 0 Å². The average Bonchev–Trinajstić information content (AvgIpc) is 3.41. The highest BCUT2D eigenvalue weighted by Crippen LogP contribution is 2.44. The summed E-state index contributed by atoms with van der Waals surface area (Å²) >= 11 is 6.19. The van der Waals surface area contributed by atoms with E-state index in [-0.39, 0.29) is 18.1 Å². The van der Waals surface area contributed by atoms with E-state index < -0.39 is 17.7 Å². The highest BCUT2D eigenvalue weighted by molar-refractivity contribution is 6.51. The maximum Gasteiger partial charge on any atom is 0.300 e. The fraction of sp³-hybridized carbons (Fsp3) is 0.154. The zero-order valence-corrected chi connectivity index (χ0v) is 18.9. The Labute approximate surface area is 200 Å². The van der Waals surface area contributed by atoms with E-state index in [1.54, 1.807) is 66.7 Å². The number of ketones is 1. The Morgan fingerprint density at radius 3 is 2.65 bits per heavy atom. The monoisotopic (exact) mass is 477 g/mol. The molecule has 5 rings (SSSR count). The van der Waals surface area contributed by atoms with Gasteiger partial charge in [0.15, 0.2) is 11.5 Å². The number of halogens is 1. The molecule has 1 N–H and O–H groups in total. The highest BCUT2D eigenvalue weighted by atomic mass is 35.5. The zero-order chi connectivity index (χ0) is 23.8. The van der Waals surface area contributed by atoms with Crippen LogP contribution in [0.2, 0.25) is 5.02 Å². The second kappa shape index (κ2) is 8.76. The predicted octanol–water partition coefficient (Wildman–Crippen LogP) is 5.09. The van der Waals surface area contributed by atoms with Crippen LogP contribution in [0.15, 0.2) is 72.3 Å². The van der Waals surface area contributed by atoms with Crippen LogP contribution in [0.4, 0.5) is 5.69 Å². The van der Waals surface area contributed by atoms with Crippen LogP contribution in [0.5, 0.6) is 17.2 Å². The summed E-state index contributed by atoms with van der Waals surface area (Å²) in [4.78, 5) is 27.9. The summed E-state index contributed by atoms with van der Waals surface area (Å²) in [5, 5.41) is 11.7. The molecule has 2 aliphatic rings. The fourth-order valence-electron chi connectivity index (χ4n) is 4.18. The van der Waals surface area contributed by atoms with Gasteiger partial charge in [-0.15, -0.1) is 0 Å². The summed E-state index contributed by atoms with van der Waals surface area (Å²) in [6.07, 6.45) is 0. The number of nitrogens with zero attached hydrogens (tertiary/aromatic N) is 1. The third-order valence-corrected chi connectivity index (χ3v) is 5.90. The molecular formula is C26H20ClNO6. The molecule has 1 atom stereocenters. The first-order valence-electron chi connectivity index (χ1n) is 10.7. The average molecular weight is 478 g/mol. The van der Waals surface area contributed by atoms with Gasteiger partial charge in [-0.25, -0.2) is 0 Å². The molecule has 1 unspecified atom stereocenters. The van der Waals surface area contributed by atoms with E-state index in [2.05, 4.69) is 0 Å². The molecule has 2 heterocycles. The van der Waals surface area contributed by atoms with Crippen LogP contribution in [0.3, 0.4) is 0 Å². The molecule has 34 heavy (non-hydrogen) atoms. The molecule has 3 aromatic rings. The minimum atomic E-state index is -0.899. The molecule has 0 aliphatic carbocycles. The van der Waals surface area contributed by atoms with Crippen LogP contribution < -0.4 is 19.1 Å². The predicted molar refractivity (Wildman–Crippen MR) is 126 cm³/mol. The van der Waals surface area contributed by atoms with Gasteiger partial charge in [-0.2, -0.15) is 0 Å². The quantitative estimate of drug-likeness (QED) is 0.313. The van der Waals surface area contributed by atoms with Gasteiger partial charge >= 0.3 is 0 Å². The summed E-state index contributed by atoms with van der Waals surface area (Å²) in [7, 11) is 0. The van der Waals surface area contributed by atoms with Gasteiger partial charge in [0.05, 0.1) is 18.2 Å². The number of amides is 1. The second-order valence-electron chi connectivity index (χ2n) is 7.72. The molecule has 0 radical (unpaired) electrons. The number of carbonyl (C=O) groups is 2. The molecule has 0 aromatic heterocycles.